The zero-order valence-corrected chi connectivity index (χ0v) is 24.1. The second-order valence-electron chi connectivity index (χ2n) is 9.32. The predicted octanol–water partition coefficient (Wildman–Crippen LogP) is 10.2. The Morgan fingerprint density at radius 3 is 2.06 bits per heavy atom. The van der Waals surface area contributed by atoms with Crippen LogP contribution in [0.5, 0.6) is 0 Å². The SMILES string of the molecule is Br.CCCCCCCCCCCCCCC(=O)c1nn(Cc2ccc(Cl)cc2Cl)c2ccccc12. The number of halogens is 3. The molecule has 35 heavy (non-hydrogen) atoms. The Morgan fingerprint density at radius 1 is 0.829 bits per heavy atom. The van der Waals surface area contributed by atoms with Gasteiger partial charge >= 0.3 is 0 Å². The average Bonchev–Trinajstić information content (AvgIpc) is 3.20. The highest BCUT2D eigenvalue weighted by Gasteiger charge is 2.17. The molecule has 0 aliphatic heterocycles. The fourth-order valence-corrected chi connectivity index (χ4v) is 4.98. The Kier molecular flexibility index (Phi) is 14.0. The van der Waals surface area contributed by atoms with Gasteiger partial charge in [-0.2, -0.15) is 5.10 Å². The van der Waals surface area contributed by atoms with E-state index in [1.54, 1.807) is 6.07 Å². The van der Waals surface area contributed by atoms with E-state index in [0.29, 0.717) is 28.7 Å². The molecule has 1 aromatic heterocycles. The molecule has 0 atom stereocenters. The largest absolute Gasteiger partial charge is 0.292 e. The minimum atomic E-state index is 0. The maximum atomic E-state index is 13.0. The molecule has 0 N–H and O–H groups in total. The summed E-state index contributed by atoms with van der Waals surface area (Å²) in [5.74, 6) is 0.129. The molecule has 0 saturated heterocycles. The molecule has 0 bridgehead atoms. The van der Waals surface area contributed by atoms with Crippen LogP contribution in [0.2, 0.25) is 10.0 Å². The summed E-state index contributed by atoms with van der Waals surface area (Å²) in [5.41, 5.74) is 2.45. The van der Waals surface area contributed by atoms with Gasteiger partial charge in [0.15, 0.2) is 5.78 Å². The summed E-state index contributed by atoms with van der Waals surface area (Å²) >= 11 is 12.4. The molecule has 0 aliphatic rings. The fourth-order valence-electron chi connectivity index (χ4n) is 4.51. The van der Waals surface area contributed by atoms with Crippen molar-refractivity contribution in [3.63, 3.8) is 0 Å². The molecule has 2 aromatic carbocycles. The molecule has 3 aromatic rings. The summed E-state index contributed by atoms with van der Waals surface area (Å²) in [5, 5.41) is 6.83. The Morgan fingerprint density at radius 2 is 1.43 bits per heavy atom. The molecule has 3 rings (SSSR count). The van der Waals surface area contributed by atoms with Crippen LogP contribution in [0.25, 0.3) is 10.9 Å². The van der Waals surface area contributed by atoms with Crippen LogP contribution in [-0.4, -0.2) is 15.6 Å². The van der Waals surface area contributed by atoms with E-state index in [-0.39, 0.29) is 22.8 Å². The monoisotopic (exact) mass is 580 g/mol. The topological polar surface area (TPSA) is 34.9 Å². The van der Waals surface area contributed by atoms with Crippen molar-refractivity contribution in [2.24, 2.45) is 0 Å². The molecule has 192 valence electrons. The van der Waals surface area contributed by atoms with Gasteiger partial charge in [0.1, 0.15) is 5.69 Å². The van der Waals surface area contributed by atoms with Gasteiger partial charge in [0.25, 0.3) is 0 Å². The third-order valence-corrected chi connectivity index (χ3v) is 7.10. The van der Waals surface area contributed by atoms with Crippen molar-refractivity contribution in [1.82, 2.24) is 9.78 Å². The van der Waals surface area contributed by atoms with Crippen molar-refractivity contribution >= 4 is 56.9 Å². The van der Waals surface area contributed by atoms with Crippen LogP contribution in [-0.2, 0) is 6.54 Å². The number of unbranched alkanes of at least 4 members (excludes halogenated alkanes) is 11. The van der Waals surface area contributed by atoms with E-state index in [1.165, 1.54) is 64.2 Å². The highest BCUT2D eigenvalue weighted by Crippen LogP contribution is 2.25. The van der Waals surface area contributed by atoms with Crippen LogP contribution in [0.15, 0.2) is 42.5 Å². The molecule has 0 amide bonds. The van der Waals surface area contributed by atoms with Crippen LogP contribution in [0, 0.1) is 0 Å². The van der Waals surface area contributed by atoms with Crippen LogP contribution in [0.3, 0.4) is 0 Å². The maximum Gasteiger partial charge on any atom is 0.183 e. The summed E-state index contributed by atoms with van der Waals surface area (Å²) in [6, 6.07) is 13.4. The van der Waals surface area contributed by atoms with Crippen molar-refractivity contribution in [2.75, 3.05) is 0 Å². The lowest BCUT2D eigenvalue weighted by atomic mass is 10.0. The van der Waals surface area contributed by atoms with E-state index in [2.05, 4.69) is 6.92 Å². The Balaban J connectivity index is 0.00000432. The van der Waals surface area contributed by atoms with E-state index in [0.717, 1.165) is 29.3 Å². The van der Waals surface area contributed by atoms with Gasteiger partial charge in [0.2, 0.25) is 0 Å². The van der Waals surface area contributed by atoms with Crippen LogP contribution >= 0.6 is 40.2 Å². The molecular weight excluding hydrogens is 543 g/mol. The molecule has 0 radical (unpaired) electrons. The molecule has 1 heterocycles. The smallest absolute Gasteiger partial charge is 0.183 e. The van der Waals surface area contributed by atoms with Gasteiger partial charge in [-0.15, -0.1) is 17.0 Å². The Labute approximate surface area is 231 Å². The number of carbonyl (C=O) groups excluding carboxylic acids is 1. The number of nitrogens with zero attached hydrogens (tertiary/aromatic N) is 2. The third kappa shape index (κ3) is 9.55. The second-order valence-corrected chi connectivity index (χ2v) is 10.2. The highest BCUT2D eigenvalue weighted by molar-refractivity contribution is 8.93. The number of para-hydroxylation sites is 1. The van der Waals surface area contributed by atoms with Crippen molar-refractivity contribution in [3.8, 4) is 0 Å². The number of carbonyl (C=O) groups is 1. The number of fused-ring (bicyclic) bond motifs is 1. The number of ketones is 1. The van der Waals surface area contributed by atoms with Gasteiger partial charge < -0.3 is 0 Å². The van der Waals surface area contributed by atoms with Crippen LogP contribution in [0.1, 0.15) is 106 Å². The van der Waals surface area contributed by atoms with Gasteiger partial charge in [0.05, 0.1) is 12.1 Å². The average molecular weight is 582 g/mol. The molecule has 0 saturated carbocycles. The zero-order chi connectivity index (χ0) is 24.2. The Hall–Kier alpha value is -1.36. The highest BCUT2D eigenvalue weighted by atomic mass is 79.9. The van der Waals surface area contributed by atoms with Crippen molar-refractivity contribution in [2.45, 2.75) is 96.9 Å². The minimum Gasteiger partial charge on any atom is -0.292 e. The van der Waals surface area contributed by atoms with Gasteiger partial charge in [0, 0.05) is 21.9 Å². The summed E-state index contributed by atoms with van der Waals surface area (Å²) < 4.78 is 1.87. The van der Waals surface area contributed by atoms with Gasteiger partial charge in [-0.25, -0.2) is 0 Å². The molecule has 0 spiro atoms. The normalized spacial score (nSPS) is 11.1. The van der Waals surface area contributed by atoms with Crippen molar-refractivity contribution in [3.05, 3.63) is 63.8 Å². The standard InChI is InChI=1S/C29H38Cl2N2O.BrH/c1-2-3-4-5-6-7-8-9-10-11-12-13-18-28(34)29-25-16-14-15-17-27(25)33(32-29)22-23-19-20-24(30)21-26(23)31;/h14-17,19-21H,2-13,18,22H2,1H3;1H. The first-order chi connectivity index (χ1) is 16.6. The van der Waals surface area contributed by atoms with E-state index < -0.39 is 0 Å². The second kappa shape index (κ2) is 16.4. The number of hydrogen-bond acceptors (Lipinski definition) is 2. The summed E-state index contributed by atoms with van der Waals surface area (Å²) in [7, 11) is 0. The summed E-state index contributed by atoms with van der Waals surface area (Å²) in [6.07, 6.45) is 16.0. The first-order valence-electron chi connectivity index (χ1n) is 13.0. The molecule has 6 heteroatoms. The summed E-state index contributed by atoms with van der Waals surface area (Å²) in [4.78, 5) is 13.0. The van der Waals surface area contributed by atoms with Gasteiger partial charge in [-0.05, 0) is 30.2 Å². The van der Waals surface area contributed by atoms with E-state index in [4.69, 9.17) is 28.3 Å². The molecule has 0 aliphatic carbocycles. The first-order valence-corrected chi connectivity index (χ1v) is 13.8. The number of rotatable bonds is 16. The predicted molar refractivity (Wildman–Crippen MR) is 156 cm³/mol. The lowest BCUT2D eigenvalue weighted by Crippen LogP contribution is -2.05. The van der Waals surface area contributed by atoms with E-state index in [1.807, 2.05) is 41.1 Å². The lowest BCUT2D eigenvalue weighted by Gasteiger charge is -2.06. The quantitative estimate of drug-likeness (QED) is 0.124. The Bertz CT molecular complexity index is 1050. The molecule has 0 fully saturated rings. The van der Waals surface area contributed by atoms with E-state index in [9.17, 15) is 4.79 Å². The zero-order valence-electron chi connectivity index (χ0n) is 20.9. The van der Waals surface area contributed by atoms with Gasteiger partial charge in [-0.1, -0.05) is 125 Å². The summed E-state index contributed by atoms with van der Waals surface area (Å²) in [6.45, 7) is 2.77. The number of Topliss-reactive ketones (excluding diaryl/α,β-unsaturated/α-hetero) is 1. The fraction of sp³-hybridized carbons (Fsp3) is 0.517. The van der Waals surface area contributed by atoms with Gasteiger partial charge in [-0.3, -0.25) is 9.48 Å². The minimum absolute atomic E-state index is 0. The first kappa shape index (κ1) is 29.9. The van der Waals surface area contributed by atoms with Crippen LogP contribution < -0.4 is 0 Å². The molecule has 3 nitrogen and oxygen atoms in total. The van der Waals surface area contributed by atoms with E-state index >= 15 is 0 Å². The van der Waals surface area contributed by atoms with Crippen LogP contribution in [0.4, 0.5) is 0 Å². The molecular formula is C29H39BrCl2N2O. The maximum absolute atomic E-state index is 13.0. The third-order valence-electron chi connectivity index (χ3n) is 6.51. The van der Waals surface area contributed by atoms with Crippen molar-refractivity contribution in [1.29, 1.82) is 0 Å². The number of aromatic nitrogens is 2. The number of benzene rings is 2. The number of hydrogen-bond donors (Lipinski definition) is 0. The van der Waals surface area contributed by atoms with Crippen molar-refractivity contribution < 1.29 is 4.79 Å². The lowest BCUT2D eigenvalue weighted by molar-refractivity contribution is 0.0975. The molecule has 0 unspecified atom stereocenters.